The number of anilines is 1. The van der Waals surface area contributed by atoms with Crippen LogP contribution in [0.5, 0.6) is 0 Å². The summed E-state index contributed by atoms with van der Waals surface area (Å²) in [7, 11) is 3.48. The lowest BCUT2D eigenvalue weighted by Crippen LogP contribution is -2.83. The van der Waals surface area contributed by atoms with E-state index in [0.29, 0.717) is 38.5 Å². The molecule has 314 valence electrons. The Morgan fingerprint density at radius 3 is 2.52 bits per heavy atom. The number of quaternary nitrogens is 1. The number of likely N-dealkylation sites (N-methyl/N-ethyl adjacent to an activating group) is 1. The maximum absolute atomic E-state index is 14.6. The molecule has 18 atom stereocenters. The third-order valence-corrected chi connectivity index (χ3v) is 19.9. The van der Waals surface area contributed by atoms with Gasteiger partial charge in [0.05, 0.1) is 47.3 Å². The van der Waals surface area contributed by atoms with Gasteiger partial charge in [0.2, 0.25) is 0 Å². The average molecular weight is 802 g/mol. The number of rotatable bonds is 6. The van der Waals surface area contributed by atoms with Crippen molar-refractivity contribution in [2.45, 2.75) is 144 Å². The number of piperidine rings is 4. The van der Waals surface area contributed by atoms with Crippen molar-refractivity contribution in [1.29, 1.82) is 0 Å². The van der Waals surface area contributed by atoms with Crippen molar-refractivity contribution in [2.75, 3.05) is 32.2 Å². The van der Waals surface area contributed by atoms with Gasteiger partial charge in [-0.15, -0.1) is 0 Å². The number of fused-ring (bicyclic) bond motifs is 7. The normalized spacial score (nSPS) is 52.6. The number of nitrogens with zero attached hydrogens (tertiary/aromatic N) is 2. The molecule has 0 radical (unpaired) electrons. The van der Waals surface area contributed by atoms with Gasteiger partial charge in [0.1, 0.15) is 18.8 Å². The zero-order chi connectivity index (χ0) is 40.5. The highest BCUT2D eigenvalue weighted by Crippen LogP contribution is 2.73. The molecule has 5 aliphatic carbocycles. The molecule has 1 spiro atoms. The van der Waals surface area contributed by atoms with Gasteiger partial charge >= 0.3 is 17.9 Å². The van der Waals surface area contributed by atoms with Crippen molar-refractivity contribution >= 4 is 23.6 Å². The van der Waals surface area contributed by atoms with Gasteiger partial charge in [0, 0.05) is 55.3 Å². The van der Waals surface area contributed by atoms with Crippen LogP contribution in [-0.2, 0) is 34.0 Å². The number of benzene rings is 1. The molecular formula is C46H61N2O10+. The molecule has 6 aliphatic heterocycles. The molecule has 6 heterocycles. The molecule has 12 rings (SSSR count). The van der Waals surface area contributed by atoms with Crippen LogP contribution in [0.3, 0.4) is 0 Å². The monoisotopic (exact) mass is 801 g/mol. The maximum atomic E-state index is 14.6. The molecule has 0 aromatic heterocycles. The highest BCUT2D eigenvalue weighted by atomic mass is 16.6. The lowest BCUT2D eigenvalue weighted by molar-refractivity contribution is -1.03. The largest absolute Gasteiger partial charge is 0.468 e. The van der Waals surface area contributed by atoms with Gasteiger partial charge in [-0.05, 0) is 98.7 Å². The van der Waals surface area contributed by atoms with Crippen LogP contribution in [0.15, 0.2) is 35.9 Å². The van der Waals surface area contributed by atoms with Crippen LogP contribution in [0, 0.1) is 46.3 Å². The first-order chi connectivity index (χ1) is 27.7. The predicted molar refractivity (Wildman–Crippen MR) is 208 cm³/mol. The molecule has 12 heteroatoms. The van der Waals surface area contributed by atoms with E-state index in [-0.39, 0.29) is 96.5 Å². The first-order valence-electron chi connectivity index (χ1n) is 22.3. The smallest absolute Gasteiger partial charge is 0.362 e. The minimum Gasteiger partial charge on any atom is -0.468 e. The molecule has 4 N–H and O–H groups in total. The van der Waals surface area contributed by atoms with Crippen LogP contribution >= 0.6 is 0 Å². The summed E-state index contributed by atoms with van der Waals surface area (Å²) in [5.74, 6) is -1.64. The second-order valence-corrected chi connectivity index (χ2v) is 20.9. The third kappa shape index (κ3) is 4.14. The van der Waals surface area contributed by atoms with Crippen molar-refractivity contribution < 1.29 is 53.5 Å². The predicted octanol–water partition coefficient (Wildman–Crippen LogP) is 3.51. The Balaban J connectivity index is 0.871. The van der Waals surface area contributed by atoms with E-state index in [9.17, 15) is 34.8 Å². The number of esters is 3. The summed E-state index contributed by atoms with van der Waals surface area (Å²) < 4.78 is 17.5. The summed E-state index contributed by atoms with van der Waals surface area (Å²) in [4.78, 5) is 43.2. The second-order valence-electron chi connectivity index (χ2n) is 20.9. The van der Waals surface area contributed by atoms with Crippen LogP contribution in [0.1, 0.15) is 96.5 Å². The van der Waals surface area contributed by atoms with Crippen molar-refractivity contribution in [1.82, 2.24) is 0 Å². The van der Waals surface area contributed by atoms with E-state index in [4.69, 9.17) is 14.2 Å². The van der Waals surface area contributed by atoms with Crippen molar-refractivity contribution in [2.24, 2.45) is 46.3 Å². The summed E-state index contributed by atoms with van der Waals surface area (Å²) in [5.41, 5.74) is -1.55. The van der Waals surface area contributed by atoms with Gasteiger partial charge < -0.3 is 39.5 Å². The zero-order valence-corrected chi connectivity index (χ0v) is 34.3. The molecule has 5 bridgehead atoms. The molecule has 5 saturated carbocycles. The topological polar surface area (TPSA) is 163 Å². The van der Waals surface area contributed by atoms with Crippen molar-refractivity contribution in [3.05, 3.63) is 41.5 Å². The number of ether oxygens (including phenoxy) is 3. The summed E-state index contributed by atoms with van der Waals surface area (Å²) in [6.07, 6.45) is 6.02. The Morgan fingerprint density at radius 1 is 1.00 bits per heavy atom. The second kappa shape index (κ2) is 12.1. The Kier molecular flexibility index (Phi) is 7.90. The summed E-state index contributed by atoms with van der Waals surface area (Å²) >= 11 is 0. The van der Waals surface area contributed by atoms with E-state index in [1.807, 2.05) is 6.07 Å². The van der Waals surface area contributed by atoms with E-state index in [0.717, 1.165) is 30.5 Å². The molecule has 0 unspecified atom stereocenters. The molecule has 9 fully saturated rings. The van der Waals surface area contributed by atoms with Gasteiger partial charge in [0.15, 0.2) is 12.8 Å². The lowest BCUT2D eigenvalue weighted by atomic mass is 9.41. The van der Waals surface area contributed by atoms with Crippen LogP contribution in [0.25, 0.3) is 0 Å². The Morgan fingerprint density at radius 2 is 1.78 bits per heavy atom. The van der Waals surface area contributed by atoms with Gasteiger partial charge in [0.25, 0.3) is 0 Å². The molecule has 1 aromatic rings. The Bertz CT molecular complexity index is 2010. The van der Waals surface area contributed by atoms with Crippen molar-refractivity contribution in [3.8, 4) is 0 Å². The van der Waals surface area contributed by atoms with Crippen LogP contribution in [0.4, 0.5) is 5.69 Å². The highest BCUT2D eigenvalue weighted by Gasteiger charge is 2.83. The summed E-state index contributed by atoms with van der Waals surface area (Å²) in [6, 6.07) is 8.21. The maximum Gasteiger partial charge on any atom is 0.362 e. The minimum absolute atomic E-state index is 0.00132. The molecular weight excluding hydrogens is 741 g/mol. The van der Waals surface area contributed by atoms with Crippen LogP contribution in [0.2, 0.25) is 0 Å². The van der Waals surface area contributed by atoms with Gasteiger partial charge in [-0.25, -0.2) is 9.59 Å². The number of methoxy groups -OCH3 is 1. The number of para-hydroxylation sites is 1. The number of cyclic esters (lactones) is 1. The fourth-order valence-electron chi connectivity index (χ4n) is 17.9. The van der Waals surface area contributed by atoms with Gasteiger partial charge in [-0.1, -0.05) is 32.0 Å². The summed E-state index contributed by atoms with van der Waals surface area (Å²) in [6.45, 7) is 4.49. The summed E-state index contributed by atoms with van der Waals surface area (Å²) in [5, 5.41) is 50.6. The highest BCUT2D eigenvalue weighted by molar-refractivity contribution is 5.85. The Hall–Kier alpha value is -3.03. The van der Waals surface area contributed by atoms with Crippen molar-refractivity contribution in [3.63, 3.8) is 0 Å². The third-order valence-electron chi connectivity index (χ3n) is 19.9. The first kappa shape index (κ1) is 37.9. The number of aliphatic hydroxyl groups excluding tert-OH is 2. The quantitative estimate of drug-likeness (QED) is 0.189. The number of hydrogen-bond acceptors (Lipinski definition) is 11. The lowest BCUT2D eigenvalue weighted by Gasteiger charge is -2.67. The first-order valence-corrected chi connectivity index (χ1v) is 22.3. The van der Waals surface area contributed by atoms with Crippen LogP contribution < -0.4 is 4.90 Å². The average Bonchev–Trinajstić information content (AvgIpc) is 3.89. The fourth-order valence-corrected chi connectivity index (χ4v) is 17.9. The molecule has 58 heavy (non-hydrogen) atoms. The molecule has 11 aliphatic rings. The number of carbonyl (C=O) groups excluding carboxylic acids is 3. The van der Waals surface area contributed by atoms with E-state index < -0.39 is 57.8 Å². The number of aliphatic hydroxyl groups is 4. The van der Waals surface area contributed by atoms with E-state index in [1.165, 1.54) is 12.7 Å². The molecule has 4 saturated heterocycles. The number of carbonyl (C=O) groups is 3. The van der Waals surface area contributed by atoms with E-state index in [1.54, 1.807) is 6.08 Å². The molecule has 0 amide bonds. The standard InChI is InChI=1S/C46H61N2O10/c1-5-26-27-19-33-38-44(31-8-6-7-9-32(31)47(38)3)21-34(37(27)39(44)51)48(33,40(26)52)22-36(50)58-25-10-16-45(41(53)56-4)29-11-14-42(2)28(24-18-35(49)57-23-24)13-17-46(42,55)30(29)12-15-43(45,54)20-25/h6-9,18,25-30,33-34,37-40,51-52,54-55H,5,10-17,19-23H2,1-4H3/q+1/t25-,26-,27+,28+,29+,30+,33-,34-,37+,38-,39-,40+,42-,43-,44+,45+,46-,48+/m0/s1. The Labute approximate surface area is 340 Å². The number of hydrogen-bond donors (Lipinski definition) is 4. The van der Waals surface area contributed by atoms with E-state index in [2.05, 4.69) is 44.0 Å². The SMILES string of the molecule is CC[C@H]1[C@H]2C[C@H]3[C@@H]4N(C)c5ccccc5[C@]45C[C@@H]([C@@H]2[C@@H]5O)[N@+]3(CC(=O)O[C@H]2CC[C@]3(C(=O)OC)[C@@H]4CC[C@@]5(C)[C@@H](C6=CC(=O)OC6)CC[C@]5(O)[C@@H]4CC[C@]3(O)C2)[C@@H]1O. The fraction of sp³-hybridized carbons (Fsp3) is 0.761. The molecule has 12 nitrogen and oxygen atoms in total. The van der Waals surface area contributed by atoms with Gasteiger partial charge in [-0.3, -0.25) is 9.28 Å². The van der Waals surface area contributed by atoms with E-state index >= 15 is 0 Å². The van der Waals surface area contributed by atoms with Crippen LogP contribution in [-0.4, -0.2) is 118 Å². The zero-order valence-electron chi connectivity index (χ0n) is 34.3. The van der Waals surface area contributed by atoms with Gasteiger partial charge in [-0.2, -0.15) is 0 Å². The minimum atomic E-state index is -1.50. The molecule has 1 aromatic carbocycles.